The number of methoxy groups -OCH3 is 2. The SMILES string of the molecule is COc1ccc2c(c1)c1cc(OC)ccc1n2C(=O)c1ccc(C)cc1. The van der Waals surface area contributed by atoms with E-state index in [-0.39, 0.29) is 5.91 Å². The van der Waals surface area contributed by atoms with Crippen molar-refractivity contribution in [2.45, 2.75) is 6.92 Å². The highest BCUT2D eigenvalue weighted by atomic mass is 16.5. The van der Waals surface area contributed by atoms with Crippen LogP contribution in [0.5, 0.6) is 11.5 Å². The van der Waals surface area contributed by atoms with E-state index >= 15 is 0 Å². The lowest BCUT2D eigenvalue weighted by Gasteiger charge is -2.07. The van der Waals surface area contributed by atoms with Gasteiger partial charge in [0.2, 0.25) is 0 Å². The summed E-state index contributed by atoms with van der Waals surface area (Å²) in [6, 6.07) is 19.1. The molecular formula is C22H19NO3. The molecule has 0 aliphatic carbocycles. The van der Waals surface area contributed by atoms with Crippen molar-refractivity contribution in [3.05, 3.63) is 71.8 Å². The Morgan fingerprint density at radius 3 is 1.73 bits per heavy atom. The molecule has 3 aromatic carbocycles. The van der Waals surface area contributed by atoms with Gasteiger partial charge in [0.25, 0.3) is 5.91 Å². The third kappa shape index (κ3) is 2.51. The van der Waals surface area contributed by atoms with Crippen LogP contribution in [0.25, 0.3) is 21.8 Å². The van der Waals surface area contributed by atoms with Gasteiger partial charge in [0.05, 0.1) is 25.3 Å². The molecule has 26 heavy (non-hydrogen) atoms. The van der Waals surface area contributed by atoms with Crippen molar-refractivity contribution >= 4 is 27.7 Å². The predicted octanol–water partition coefficient (Wildman–Crippen LogP) is 4.81. The van der Waals surface area contributed by atoms with Gasteiger partial charge in [0, 0.05) is 16.3 Å². The fourth-order valence-corrected chi connectivity index (χ4v) is 3.28. The minimum atomic E-state index is -0.0552. The van der Waals surface area contributed by atoms with E-state index in [0.29, 0.717) is 5.56 Å². The van der Waals surface area contributed by atoms with E-state index in [1.807, 2.05) is 67.6 Å². The Morgan fingerprint density at radius 1 is 0.769 bits per heavy atom. The fourth-order valence-electron chi connectivity index (χ4n) is 3.28. The quantitative estimate of drug-likeness (QED) is 0.535. The first kappa shape index (κ1) is 16.2. The second-order valence-electron chi connectivity index (χ2n) is 6.27. The molecule has 0 fully saturated rings. The second-order valence-corrected chi connectivity index (χ2v) is 6.27. The number of benzene rings is 3. The molecule has 0 unspecified atom stereocenters. The summed E-state index contributed by atoms with van der Waals surface area (Å²) in [5.41, 5.74) is 3.47. The summed E-state index contributed by atoms with van der Waals surface area (Å²) in [6.07, 6.45) is 0. The zero-order valence-electron chi connectivity index (χ0n) is 14.9. The number of aryl methyl sites for hydroxylation is 1. The third-order valence-corrected chi connectivity index (χ3v) is 4.68. The maximum absolute atomic E-state index is 13.3. The van der Waals surface area contributed by atoms with Gasteiger partial charge in [0.15, 0.2) is 0 Å². The number of rotatable bonds is 3. The minimum Gasteiger partial charge on any atom is -0.497 e. The molecular weight excluding hydrogens is 326 g/mol. The van der Waals surface area contributed by atoms with Gasteiger partial charge in [-0.15, -0.1) is 0 Å². The van der Waals surface area contributed by atoms with Crippen LogP contribution in [0, 0.1) is 6.92 Å². The second kappa shape index (κ2) is 6.23. The van der Waals surface area contributed by atoms with E-state index in [1.165, 1.54) is 0 Å². The molecule has 1 heterocycles. The molecule has 0 saturated heterocycles. The molecule has 0 radical (unpaired) electrons. The van der Waals surface area contributed by atoms with Crippen LogP contribution in [-0.4, -0.2) is 24.7 Å². The Morgan fingerprint density at radius 2 is 1.27 bits per heavy atom. The van der Waals surface area contributed by atoms with Crippen LogP contribution in [0.15, 0.2) is 60.7 Å². The maximum atomic E-state index is 13.3. The molecule has 0 aliphatic heterocycles. The molecule has 4 nitrogen and oxygen atoms in total. The summed E-state index contributed by atoms with van der Waals surface area (Å²) in [6.45, 7) is 2.01. The van der Waals surface area contributed by atoms with Crippen LogP contribution in [0.1, 0.15) is 15.9 Å². The normalized spacial score (nSPS) is 11.0. The first-order chi connectivity index (χ1) is 12.6. The van der Waals surface area contributed by atoms with E-state index < -0.39 is 0 Å². The van der Waals surface area contributed by atoms with Gasteiger partial charge >= 0.3 is 0 Å². The standard InChI is InChI=1S/C22H19NO3/c1-14-4-6-15(7-5-14)22(24)23-20-10-8-16(25-2)12-18(20)19-13-17(26-3)9-11-21(19)23/h4-13H,1-3H3. The van der Waals surface area contributed by atoms with Gasteiger partial charge in [-0.2, -0.15) is 0 Å². The van der Waals surface area contributed by atoms with Crippen molar-refractivity contribution in [2.24, 2.45) is 0 Å². The minimum absolute atomic E-state index is 0.0552. The largest absolute Gasteiger partial charge is 0.497 e. The molecule has 0 amide bonds. The molecule has 0 atom stereocenters. The maximum Gasteiger partial charge on any atom is 0.262 e. The highest BCUT2D eigenvalue weighted by Crippen LogP contribution is 2.34. The van der Waals surface area contributed by atoms with E-state index in [2.05, 4.69) is 0 Å². The van der Waals surface area contributed by atoms with Crippen LogP contribution in [0.3, 0.4) is 0 Å². The Balaban J connectivity index is 2.03. The van der Waals surface area contributed by atoms with Crippen molar-refractivity contribution in [1.82, 2.24) is 4.57 Å². The van der Waals surface area contributed by atoms with Gasteiger partial charge in [-0.05, 0) is 55.5 Å². The van der Waals surface area contributed by atoms with E-state index in [0.717, 1.165) is 38.9 Å². The number of aromatic nitrogens is 1. The van der Waals surface area contributed by atoms with Crippen LogP contribution < -0.4 is 9.47 Å². The molecule has 0 spiro atoms. The molecule has 1 aromatic heterocycles. The smallest absolute Gasteiger partial charge is 0.262 e. The average Bonchev–Trinajstić information content (AvgIpc) is 3.00. The Kier molecular flexibility index (Phi) is 3.88. The first-order valence-electron chi connectivity index (χ1n) is 8.40. The van der Waals surface area contributed by atoms with Gasteiger partial charge in [-0.1, -0.05) is 17.7 Å². The summed E-state index contributed by atoms with van der Waals surface area (Å²) < 4.78 is 12.5. The molecule has 0 aliphatic rings. The first-order valence-corrected chi connectivity index (χ1v) is 8.40. The van der Waals surface area contributed by atoms with Crippen molar-refractivity contribution in [3.63, 3.8) is 0 Å². The van der Waals surface area contributed by atoms with E-state index in [1.54, 1.807) is 18.8 Å². The van der Waals surface area contributed by atoms with Gasteiger partial charge < -0.3 is 9.47 Å². The number of fused-ring (bicyclic) bond motifs is 3. The molecule has 130 valence electrons. The topological polar surface area (TPSA) is 40.5 Å². The average molecular weight is 345 g/mol. The monoisotopic (exact) mass is 345 g/mol. The van der Waals surface area contributed by atoms with Crippen molar-refractivity contribution in [3.8, 4) is 11.5 Å². The summed E-state index contributed by atoms with van der Waals surface area (Å²) >= 11 is 0. The summed E-state index contributed by atoms with van der Waals surface area (Å²) in [4.78, 5) is 13.3. The van der Waals surface area contributed by atoms with Gasteiger partial charge in [-0.25, -0.2) is 0 Å². The van der Waals surface area contributed by atoms with Crippen molar-refractivity contribution in [2.75, 3.05) is 14.2 Å². The predicted molar refractivity (Wildman–Crippen MR) is 103 cm³/mol. The number of ether oxygens (including phenoxy) is 2. The molecule has 0 bridgehead atoms. The Labute approximate surface area is 151 Å². The van der Waals surface area contributed by atoms with Crippen LogP contribution in [0.4, 0.5) is 0 Å². The van der Waals surface area contributed by atoms with E-state index in [9.17, 15) is 4.79 Å². The van der Waals surface area contributed by atoms with Gasteiger partial charge in [-0.3, -0.25) is 9.36 Å². The third-order valence-electron chi connectivity index (χ3n) is 4.68. The van der Waals surface area contributed by atoms with Crippen molar-refractivity contribution < 1.29 is 14.3 Å². The summed E-state index contributed by atoms with van der Waals surface area (Å²) in [7, 11) is 3.27. The molecule has 4 rings (SSSR count). The number of hydrogen-bond donors (Lipinski definition) is 0. The van der Waals surface area contributed by atoms with Gasteiger partial charge in [0.1, 0.15) is 11.5 Å². The Bertz CT molecular complexity index is 1060. The van der Waals surface area contributed by atoms with Crippen LogP contribution in [0.2, 0.25) is 0 Å². The number of carbonyl (C=O) groups is 1. The molecule has 4 aromatic rings. The molecule has 0 saturated carbocycles. The number of carbonyl (C=O) groups excluding carboxylic acids is 1. The molecule has 4 heteroatoms. The lowest BCUT2D eigenvalue weighted by atomic mass is 10.1. The van der Waals surface area contributed by atoms with Crippen LogP contribution in [-0.2, 0) is 0 Å². The van der Waals surface area contributed by atoms with Crippen molar-refractivity contribution in [1.29, 1.82) is 0 Å². The number of hydrogen-bond acceptors (Lipinski definition) is 3. The number of nitrogens with zero attached hydrogens (tertiary/aromatic N) is 1. The van der Waals surface area contributed by atoms with Crippen LogP contribution >= 0.6 is 0 Å². The highest BCUT2D eigenvalue weighted by molar-refractivity contribution is 6.16. The highest BCUT2D eigenvalue weighted by Gasteiger charge is 2.18. The fraction of sp³-hybridized carbons (Fsp3) is 0.136. The van der Waals surface area contributed by atoms with E-state index in [4.69, 9.17) is 9.47 Å². The zero-order valence-corrected chi connectivity index (χ0v) is 14.9. The lowest BCUT2D eigenvalue weighted by Crippen LogP contribution is -2.11. The molecule has 0 N–H and O–H groups in total. The zero-order chi connectivity index (χ0) is 18.3. The lowest BCUT2D eigenvalue weighted by molar-refractivity contribution is 0.0969. The Hall–Kier alpha value is -3.27. The summed E-state index contributed by atoms with van der Waals surface area (Å²) in [5, 5.41) is 1.91. The summed E-state index contributed by atoms with van der Waals surface area (Å²) in [5.74, 6) is 1.45.